The van der Waals surface area contributed by atoms with Gasteiger partial charge in [0.15, 0.2) is 0 Å². The van der Waals surface area contributed by atoms with Crippen LogP contribution in [-0.4, -0.2) is 57.9 Å². The molecule has 0 aromatic carbocycles. The average molecular weight is 319 g/mol. The van der Waals surface area contributed by atoms with E-state index in [1.54, 1.807) is 10.4 Å². The van der Waals surface area contributed by atoms with E-state index in [1.807, 2.05) is 32.0 Å². The first-order valence-corrected chi connectivity index (χ1v) is 9.11. The highest BCUT2D eigenvalue weighted by Crippen LogP contribution is 2.25. The van der Waals surface area contributed by atoms with Gasteiger partial charge >= 0.3 is 0 Å². The molecule has 0 bridgehead atoms. The van der Waals surface area contributed by atoms with Crippen LogP contribution in [-0.2, 0) is 16.4 Å². The van der Waals surface area contributed by atoms with E-state index in [0.29, 0.717) is 23.8 Å². The topological polar surface area (TPSA) is 66.6 Å². The van der Waals surface area contributed by atoms with Crippen LogP contribution in [0.15, 0.2) is 16.3 Å². The molecule has 2 N–H and O–H groups in total. The molecule has 20 heavy (non-hydrogen) atoms. The van der Waals surface area contributed by atoms with Crippen LogP contribution in [0.25, 0.3) is 0 Å². The quantitative estimate of drug-likeness (QED) is 0.743. The number of hydrogen-bond acceptors (Lipinski definition) is 5. The Bertz CT molecular complexity index is 497. The van der Waals surface area contributed by atoms with Crippen LogP contribution in [0, 0.1) is 0 Å². The molecule has 0 saturated carbocycles. The predicted molar refractivity (Wildman–Crippen MR) is 84.7 cm³/mol. The fraction of sp³-hybridized carbons (Fsp3) is 0.692. The number of likely N-dealkylation sites (N-methyl/N-ethyl adjacent to an activating group) is 1. The highest BCUT2D eigenvalue weighted by atomic mass is 32.2. The summed E-state index contributed by atoms with van der Waals surface area (Å²) in [6.07, 6.45) is 1.54. The molecule has 0 fully saturated rings. The first-order valence-electron chi connectivity index (χ1n) is 6.85. The number of nitrogens with two attached hydrogens (primary N) is 1. The van der Waals surface area contributed by atoms with Gasteiger partial charge in [0.2, 0.25) is 0 Å². The van der Waals surface area contributed by atoms with Gasteiger partial charge in [0.05, 0.1) is 0 Å². The van der Waals surface area contributed by atoms with Crippen LogP contribution in [0.4, 0.5) is 0 Å². The van der Waals surface area contributed by atoms with Crippen molar-refractivity contribution in [3.8, 4) is 0 Å². The molecule has 5 nitrogen and oxygen atoms in total. The maximum absolute atomic E-state index is 12.6. The lowest BCUT2D eigenvalue weighted by Crippen LogP contribution is -2.36. The third-order valence-electron chi connectivity index (χ3n) is 2.89. The maximum Gasteiger partial charge on any atom is 0.252 e. The van der Waals surface area contributed by atoms with Gasteiger partial charge in [-0.15, -0.1) is 11.3 Å². The summed E-state index contributed by atoms with van der Waals surface area (Å²) in [5.74, 6) is 0. The molecule has 0 radical (unpaired) electrons. The largest absolute Gasteiger partial charge is 0.330 e. The van der Waals surface area contributed by atoms with Gasteiger partial charge in [0, 0.05) is 24.5 Å². The second-order valence-electron chi connectivity index (χ2n) is 4.97. The normalized spacial score (nSPS) is 12.5. The average Bonchev–Trinajstić information content (AvgIpc) is 2.83. The van der Waals surface area contributed by atoms with Crippen molar-refractivity contribution in [1.82, 2.24) is 9.21 Å². The molecule has 0 spiro atoms. The second kappa shape index (κ2) is 8.09. The standard InChI is InChI=1S/C13H25N3O2S2/c1-4-9-16(11-10-15(2)3)20(17,18)13-6-5-12(19-13)7-8-14/h5-6H,4,7-11,14H2,1-3H3. The van der Waals surface area contributed by atoms with Crippen molar-refractivity contribution in [2.24, 2.45) is 5.73 Å². The first-order chi connectivity index (χ1) is 9.41. The van der Waals surface area contributed by atoms with Crippen LogP contribution in [0.1, 0.15) is 18.2 Å². The van der Waals surface area contributed by atoms with Crippen molar-refractivity contribution in [3.05, 3.63) is 17.0 Å². The SMILES string of the molecule is CCCN(CCN(C)C)S(=O)(=O)c1ccc(CCN)s1. The molecule has 1 heterocycles. The van der Waals surface area contributed by atoms with E-state index < -0.39 is 10.0 Å². The van der Waals surface area contributed by atoms with E-state index >= 15 is 0 Å². The summed E-state index contributed by atoms with van der Waals surface area (Å²) < 4.78 is 27.3. The van der Waals surface area contributed by atoms with Gasteiger partial charge in [-0.1, -0.05) is 6.92 Å². The van der Waals surface area contributed by atoms with Gasteiger partial charge in [0.25, 0.3) is 10.0 Å². The van der Waals surface area contributed by atoms with Crippen molar-refractivity contribution >= 4 is 21.4 Å². The zero-order chi connectivity index (χ0) is 15.2. The first kappa shape index (κ1) is 17.6. The Balaban J connectivity index is 2.90. The van der Waals surface area contributed by atoms with Crippen molar-refractivity contribution in [3.63, 3.8) is 0 Å². The molecular formula is C13H25N3O2S2. The molecule has 0 unspecified atom stereocenters. The summed E-state index contributed by atoms with van der Waals surface area (Å²) in [7, 11) is 0.519. The molecule has 0 atom stereocenters. The van der Waals surface area contributed by atoms with E-state index in [9.17, 15) is 8.42 Å². The monoisotopic (exact) mass is 319 g/mol. The van der Waals surface area contributed by atoms with Crippen LogP contribution in [0.5, 0.6) is 0 Å². The van der Waals surface area contributed by atoms with Gasteiger partial charge in [-0.3, -0.25) is 0 Å². The van der Waals surface area contributed by atoms with Gasteiger partial charge < -0.3 is 10.6 Å². The zero-order valence-corrected chi connectivity index (χ0v) is 14.1. The van der Waals surface area contributed by atoms with Crippen LogP contribution < -0.4 is 5.73 Å². The Morgan fingerprint density at radius 1 is 1.20 bits per heavy atom. The molecule has 1 aromatic heterocycles. The molecule has 1 rings (SSSR count). The third-order valence-corrected chi connectivity index (χ3v) is 6.40. The van der Waals surface area contributed by atoms with E-state index in [1.165, 1.54) is 11.3 Å². The van der Waals surface area contributed by atoms with Crippen molar-refractivity contribution in [2.75, 3.05) is 40.3 Å². The van der Waals surface area contributed by atoms with Crippen LogP contribution in [0.2, 0.25) is 0 Å². The predicted octanol–water partition coefficient (Wildman–Crippen LogP) is 1.21. The van der Waals surface area contributed by atoms with Crippen molar-refractivity contribution in [1.29, 1.82) is 0 Å². The smallest absolute Gasteiger partial charge is 0.252 e. The summed E-state index contributed by atoms with van der Waals surface area (Å²) in [5, 5.41) is 0. The Morgan fingerprint density at radius 2 is 1.90 bits per heavy atom. The Labute approximate surface area is 126 Å². The van der Waals surface area contributed by atoms with Crippen molar-refractivity contribution in [2.45, 2.75) is 24.0 Å². The lowest BCUT2D eigenvalue weighted by Gasteiger charge is -2.22. The summed E-state index contributed by atoms with van der Waals surface area (Å²) in [6, 6.07) is 3.56. The fourth-order valence-electron chi connectivity index (χ4n) is 1.81. The zero-order valence-electron chi connectivity index (χ0n) is 12.5. The Hall–Kier alpha value is -0.470. The highest BCUT2D eigenvalue weighted by molar-refractivity contribution is 7.91. The third kappa shape index (κ3) is 4.82. The molecule has 116 valence electrons. The minimum atomic E-state index is -3.37. The molecule has 0 aliphatic heterocycles. The van der Waals surface area contributed by atoms with Gasteiger partial charge in [-0.05, 0) is 45.6 Å². The van der Waals surface area contributed by atoms with Crippen LogP contribution >= 0.6 is 11.3 Å². The van der Waals surface area contributed by atoms with E-state index in [4.69, 9.17) is 5.73 Å². The minimum absolute atomic E-state index is 0.424. The summed E-state index contributed by atoms with van der Waals surface area (Å²) >= 11 is 1.33. The number of hydrogen-bond donors (Lipinski definition) is 1. The molecule has 0 saturated heterocycles. The summed E-state index contributed by atoms with van der Waals surface area (Å²) in [6.45, 7) is 4.33. The lowest BCUT2D eigenvalue weighted by molar-refractivity contribution is 0.333. The van der Waals surface area contributed by atoms with Gasteiger partial charge in [0.1, 0.15) is 4.21 Å². The second-order valence-corrected chi connectivity index (χ2v) is 8.30. The Morgan fingerprint density at radius 3 is 2.45 bits per heavy atom. The summed E-state index contributed by atoms with van der Waals surface area (Å²) in [4.78, 5) is 3.02. The number of rotatable bonds is 9. The van der Waals surface area contributed by atoms with E-state index in [2.05, 4.69) is 0 Å². The minimum Gasteiger partial charge on any atom is -0.330 e. The lowest BCUT2D eigenvalue weighted by atomic mass is 10.3. The molecular weight excluding hydrogens is 294 g/mol. The van der Waals surface area contributed by atoms with Crippen molar-refractivity contribution < 1.29 is 8.42 Å². The number of sulfonamides is 1. The van der Waals surface area contributed by atoms with E-state index in [-0.39, 0.29) is 0 Å². The van der Waals surface area contributed by atoms with Gasteiger partial charge in [-0.2, -0.15) is 4.31 Å². The van der Waals surface area contributed by atoms with E-state index in [0.717, 1.165) is 24.3 Å². The molecule has 0 aliphatic rings. The molecule has 1 aromatic rings. The molecule has 7 heteroatoms. The fourth-order valence-corrected chi connectivity index (χ4v) is 4.86. The van der Waals surface area contributed by atoms with Gasteiger partial charge in [-0.25, -0.2) is 8.42 Å². The highest BCUT2D eigenvalue weighted by Gasteiger charge is 2.25. The Kier molecular flexibility index (Phi) is 7.11. The summed E-state index contributed by atoms with van der Waals surface area (Å²) in [5.41, 5.74) is 5.51. The number of nitrogens with zero attached hydrogens (tertiary/aromatic N) is 2. The number of thiophene rings is 1. The maximum atomic E-state index is 12.6. The molecule has 0 amide bonds. The van der Waals surface area contributed by atoms with Crippen LogP contribution in [0.3, 0.4) is 0 Å². The molecule has 0 aliphatic carbocycles.